The number of ether oxygens (including phenoxy) is 1. The van der Waals surface area contributed by atoms with Gasteiger partial charge in [0.25, 0.3) is 0 Å². The number of carboxylic acid groups (broad SMARTS) is 1. The van der Waals surface area contributed by atoms with Crippen LogP contribution in [0.1, 0.15) is 23.2 Å². The van der Waals surface area contributed by atoms with Gasteiger partial charge in [-0.2, -0.15) is 0 Å². The normalized spacial score (nSPS) is 29.3. The molecule has 7 heteroatoms. The molecule has 22 heavy (non-hydrogen) atoms. The number of primary amides is 1. The first kappa shape index (κ1) is 14.5. The minimum atomic E-state index is -1.00. The predicted octanol–water partition coefficient (Wildman–Crippen LogP) is 0.602. The summed E-state index contributed by atoms with van der Waals surface area (Å²) < 4.78 is 5.57. The Labute approximate surface area is 126 Å². The molecule has 2 aliphatic heterocycles. The number of carbonyl (C=O) groups excluding carboxylic acids is 2. The maximum Gasteiger partial charge on any atom is 0.310 e. The summed E-state index contributed by atoms with van der Waals surface area (Å²) in [5.74, 6) is -3.41. The molecular weight excluding hydrogens is 288 g/mol. The minimum absolute atomic E-state index is 0.337. The van der Waals surface area contributed by atoms with E-state index in [-0.39, 0.29) is 18.1 Å². The number of benzene rings is 1. The molecule has 1 aromatic carbocycles. The topological polar surface area (TPSA) is 119 Å². The smallest absolute Gasteiger partial charge is 0.310 e. The van der Waals surface area contributed by atoms with E-state index in [1.807, 2.05) is 0 Å². The van der Waals surface area contributed by atoms with Crippen LogP contribution >= 0.6 is 0 Å². The highest BCUT2D eigenvalue weighted by Crippen LogP contribution is 2.44. The number of nitrogens with one attached hydrogen (secondary N) is 1. The van der Waals surface area contributed by atoms with Gasteiger partial charge in [0.15, 0.2) is 0 Å². The van der Waals surface area contributed by atoms with E-state index in [2.05, 4.69) is 5.32 Å². The maximum atomic E-state index is 12.4. The van der Waals surface area contributed by atoms with Gasteiger partial charge in [-0.05, 0) is 37.1 Å². The molecule has 2 aliphatic rings. The van der Waals surface area contributed by atoms with Crippen molar-refractivity contribution in [1.29, 1.82) is 0 Å². The molecule has 116 valence electrons. The van der Waals surface area contributed by atoms with Crippen molar-refractivity contribution in [2.24, 2.45) is 17.6 Å². The van der Waals surface area contributed by atoms with Crippen molar-refractivity contribution in [1.82, 2.24) is 0 Å². The van der Waals surface area contributed by atoms with Crippen molar-refractivity contribution in [3.05, 3.63) is 29.8 Å². The molecular formula is C15H16N2O5. The fraction of sp³-hybridized carbons (Fsp3) is 0.400. The third-order valence-corrected chi connectivity index (χ3v) is 4.30. The standard InChI is InChI=1S/C15H16N2O5/c16-13(18)7-1-3-8(4-2-7)17-14(19)11-9-5-6-10(22-9)12(11)15(20)21/h1-4,9-12H,5-6H2,(H2,16,18)(H,17,19)(H,20,21)/t9-,10-,11-,12+/m1/s1. The summed E-state index contributed by atoms with van der Waals surface area (Å²) >= 11 is 0. The van der Waals surface area contributed by atoms with Crippen molar-refractivity contribution >= 4 is 23.5 Å². The number of rotatable bonds is 4. The molecule has 2 saturated heterocycles. The van der Waals surface area contributed by atoms with Crippen LogP contribution in [-0.4, -0.2) is 35.1 Å². The molecule has 0 radical (unpaired) electrons. The van der Waals surface area contributed by atoms with E-state index in [1.54, 1.807) is 12.1 Å². The number of carboxylic acids is 1. The lowest BCUT2D eigenvalue weighted by molar-refractivity contribution is -0.147. The second kappa shape index (κ2) is 5.42. The van der Waals surface area contributed by atoms with Gasteiger partial charge in [-0.25, -0.2) is 0 Å². The number of carbonyl (C=O) groups is 3. The lowest BCUT2D eigenvalue weighted by Crippen LogP contribution is -2.40. The lowest BCUT2D eigenvalue weighted by atomic mass is 9.78. The summed E-state index contributed by atoms with van der Waals surface area (Å²) in [7, 11) is 0. The van der Waals surface area contributed by atoms with Crippen molar-refractivity contribution in [2.75, 3.05) is 5.32 Å². The molecule has 0 aromatic heterocycles. The molecule has 3 rings (SSSR count). The molecule has 1 aromatic rings. The van der Waals surface area contributed by atoms with E-state index >= 15 is 0 Å². The Morgan fingerprint density at radius 3 is 2.23 bits per heavy atom. The molecule has 0 spiro atoms. The first-order valence-corrected chi connectivity index (χ1v) is 7.06. The van der Waals surface area contributed by atoms with Gasteiger partial charge >= 0.3 is 5.97 Å². The molecule has 0 saturated carbocycles. The summed E-state index contributed by atoms with van der Waals surface area (Å²) in [6.07, 6.45) is 0.665. The molecule has 2 bridgehead atoms. The summed E-state index contributed by atoms with van der Waals surface area (Å²) in [6, 6.07) is 6.12. The van der Waals surface area contributed by atoms with Gasteiger partial charge in [-0.3, -0.25) is 14.4 Å². The Morgan fingerprint density at radius 2 is 1.68 bits per heavy atom. The fourth-order valence-electron chi connectivity index (χ4n) is 3.27. The van der Waals surface area contributed by atoms with Gasteiger partial charge in [-0.15, -0.1) is 0 Å². The first-order valence-electron chi connectivity index (χ1n) is 7.06. The number of fused-ring (bicyclic) bond motifs is 2. The van der Waals surface area contributed by atoms with Gasteiger partial charge in [0.1, 0.15) is 0 Å². The third kappa shape index (κ3) is 2.43. The summed E-state index contributed by atoms with van der Waals surface area (Å²) in [6.45, 7) is 0. The number of anilines is 1. The van der Waals surface area contributed by atoms with E-state index in [0.29, 0.717) is 24.1 Å². The Bertz CT molecular complexity index is 627. The Morgan fingerprint density at radius 1 is 1.09 bits per heavy atom. The maximum absolute atomic E-state index is 12.4. The highest BCUT2D eigenvalue weighted by atomic mass is 16.5. The molecule has 2 fully saturated rings. The highest BCUT2D eigenvalue weighted by molar-refractivity contribution is 5.97. The average molecular weight is 304 g/mol. The predicted molar refractivity (Wildman–Crippen MR) is 76.1 cm³/mol. The zero-order chi connectivity index (χ0) is 15.9. The van der Waals surface area contributed by atoms with Crippen molar-refractivity contribution in [3.8, 4) is 0 Å². The van der Waals surface area contributed by atoms with Gasteiger partial charge < -0.3 is 20.9 Å². The number of amides is 2. The van der Waals surface area contributed by atoms with Crippen LogP contribution in [0.2, 0.25) is 0 Å². The van der Waals surface area contributed by atoms with Crippen LogP contribution in [0.25, 0.3) is 0 Å². The monoisotopic (exact) mass is 304 g/mol. The van der Waals surface area contributed by atoms with E-state index in [9.17, 15) is 19.5 Å². The summed E-state index contributed by atoms with van der Waals surface area (Å²) in [4.78, 5) is 34.8. The number of hydrogen-bond acceptors (Lipinski definition) is 4. The second-order valence-electron chi connectivity index (χ2n) is 5.61. The zero-order valence-electron chi connectivity index (χ0n) is 11.7. The zero-order valence-corrected chi connectivity index (χ0v) is 11.7. The Balaban J connectivity index is 1.73. The Kier molecular flexibility index (Phi) is 3.58. The van der Waals surface area contributed by atoms with E-state index in [0.717, 1.165) is 0 Å². The molecule has 4 N–H and O–H groups in total. The van der Waals surface area contributed by atoms with Crippen LogP contribution in [0.15, 0.2) is 24.3 Å². The van der Waals surface area contributed by atoms with Crippen molar-refractivity contribution < 1.29 is 24.2 Å². The Hall–Kier alpha value is -2.41. The minimum Gasteiger partial charge on any atom is -0.481 e. The van der Waals surface area contributed by atoms with Crippen molar-refractivity contribution in [3.63, 3.8) is 0 Å². The van der Waals surface area contributed by atoms with Crippen LogP contribution in [-0.2, 0) is 14.3 Å². The van der Waals surface area contributed by atoms with E-state index in [4.69, 9.17) is 10.5 Å². The number of nitrogens with two attached hydrogens (primary N) is 1. The van der Waals surface area contributed by atoms with Crippen LogP contribution in [0, 0.1) is 11.8 Å². The average Bonchev–Trinajstić information content (AvgIpc) is 3.08. The number of aliphatic carboxylic acids is 1. The fourth-order valence-corrected chi connectivity index (χ4v) is 3.27. The molecule has 0 unspecified atom stereocenters. The van der Waals surface area contributed by atoms with E-state index < -0.39 is 23.7 Å². The van der Waals surface area contributed by atoms with Gasteiger partial charge in [0.05, 0.1) is 24.0 Å². The van der Waals surface area contributed by atoms with E-state index in [1.165, 1.54) is 12.1 Å². The van der Waals surface area contributed by atoms with Gasteiger partial charge in [-0.1, -0.05) is 0 Å². The second-order valence-corrected chi connectivity index (χ2v) is 5.61. The molecule has 4 atom stereocenters. The third-order valence-electron chi connectivity index (χ3n) is 4.30. The first-order chi connectivity index (χ1) is 10.5. The van der Waals surface area contributed by atoms with Crippen molar-refractivity contribution in [2.45, 2.75) is 25.0 Å². The van der Waals surface area contributed by atoms with Crippen LogP contribution < -0.4 is 11.1 Å². The van der Waals surface area contributed by atoms with Crippen LogP contribution in [0.5, 0.6) is 0 Å². The largest absolute Gasteiger partial charge is 0.481 e. The molecule has 2 amide bonds. The van der Waals surface area contributed by atoms with Gasteiger partial charge in [0.2, 0.25) is 11.8 Å². The number of hydrogen-bond donors (Lipinski definition) is 3. The van der Waals surface area contributed by atoms with Crippen LogP contribution in [0.4, 0.5) is 5.69 Å². The quantitative estimate of drug-likeness (QED) is 0.752. The highest BCUT2D eigenvalue weighted by Gasteiger charge is 2.55. The molecule has 7 nitrogen and oxygen atoms in total. The summed E-state index contributed by atoms with van der Waals surface area (Å²) in [5, 5.41) is 12.0. The van der Waals surface area contributed by atoms with Crippen LogP contribution in [0.3, 0.4) is 0 Å². The van der Waals surface area contributed by atoms with Gasteiger partial charge in [0, 0.05) is 11.3 Å². The molecule has 0 aliphatic carbocycles. The summed E-state index contributed by atoms with van der Waals surface area (Å²) in [5.41, 5.74) is 5.97. The molecule has 2 heterocycles. The SMILES string of the molecule is NC(=O)c1ccc(NC(=O)[C@H]2[C@@H](C(=O)O)[C@H]3CC[C@H]2O3)cc1. The lowest BCUT2D eigenvalue weighted by Gasteiger charge is -2.23.